The Morgan fingerprint density at radius 3 is 2.55 bits per heavy atom. The summed E-state index contributed by atoms with van der Waals surface area (Å²) in [5, 5.41) is 8.56. The van der Waals surface area contributed by atoms with Crippen LogP contribution in [0, 0.1) is 6.92 Å². The standard InChI is InChI=1S/C32H33F3N6O2S/c1-3-5-24-10-7-22(2)18-28(24)41-29(42)19-44-31(41)37-20-36-17-4-6-23-8-11-25(12-9-23)30-38-21-40(39-30)26-13-15-27(16-14-26)43-32(33,34)35/h7-16,18,21,36H,3-6,17,19-20H2,1-2H3/b37-31-. The molecule has 230 valence electrons. The Kier molecular flexibility index (Phi) is 10.0. The summed E-state index contributed by atoms with van der Waals surface area (Å²) in [5.41, 5.74) is 5.80. The number of carbonyl (C=O) groups is 1. The number of hydrogen-bond acceptors (Lipinski definition) is 7. The van der Waals surface area contributed by atoms with Crippen molar-refractivity contribution in [1.29, 1.82) is 0 Å². The fourth-order valence-corrected chi connectivity index (χ4v) is 5.71. The molecule has 12 heteroatoms. The number of rotatable bonds is 12. The number of carbonyl (C=O) groups excluding carboxylic acids is 1. The number of alkyl halides is 3. The van der Waals surface area contributed by atoms with Gasteiger partial charge in [-0.25, -0.2) is 14.7 Å². The van der Waals surface area contributed by atoms with Gasteiger partial charge in [-0.05, 0) is 79.8 Å². The number of ether oxygens (including phenoxy) is 1. The number of hydrogen-bond donors (Lipinski definition) is 1. The van der Waals surface area contributed by atoms with E-state index < -0.39 is 6.36 Å². The number of nitrogens with one attached hydrogen (secondary N) is 1. The molecule has 1 aromatic heterocycles. The van der Waals surface area contributed by atoms with Crippen LogP contribution in [0.5, 0.6) is 5.75 Å². The smallest absolute Gasteiger partial charge is 0.406 e. The lowest BCUT2D eigenvalue weighted by Crippen LogP contribution is -2.31. The second-order valence-electron chi connectivity index (χ2n) is 10.4. The van der Waals surface area contributed by atoms with Crippen LogP contribution in [0.3, 0.4) is 0 Å². The molecule has 0 spiro atoms. The van der Waals surface area contributed by atoms with E-state index in [0.29, 0.717) is 23.9 Å². The van der Waals surface area contributed by atoms with Crippen molar-refractivity contribution in [1.82, 2.24) is 20.1 Å². The summed E-state index contributed by atoms with van der Waals surface area (Å²) in [6.07, 6.45) is 0.494. The fourth-order valence-electron chi connectivity index (χ4n) is 4.84. The largest absolute Gasteiger partial charge is 0.573 e. The molecule has 44 heavy (non-hydrogen) atoms. The predicted molar refractivity (Wildman–Crippen MR) is 167 cm³/mol. The van der Waals surface area contributed by atoms with Crippen LogP contribution in [0.15, 0.2) is 78.0 Å². The maximum Gasteiger partial charge on any atom is 0.573 e. The Hall–Kier alpha value is -4.16. The molecule has 1 aliphatic heterocycles. The van der Waals surface area contributed by atoms with E-state index in [0.717, 1.165) is 59.8 Å². The topological polar surface area (TPSA) is 84.6 Å². The van der Waals surface area contributed by atoms with Gasteiger partial charge in [-0.15, -0.1) is 18.3 Å². The minimum atomic E-state index is -4.74. The highest BCUT2D eigenvalue weighted by Gasteiger charge is 2.31. The highest BCUT2D eigenvalue weighted by molar-refractivity contribution is 8.15. The average Bonchev–Trinajstić information content (AvgIpc) is 3.63. The van der Waals surface area contributed by atoms with Crippen LogP contribution >= 0.6 is 11.8 Å². The van der Waals surface area contributed by atoms with Crippen molar-refractivity contribution >= 4 is 28.5 Å². The van der Waals surface area contributed by atoms with Crippen LogP contribution < -0.4 is 15.0 Å². The Morgan fingerprint density at radius 2 is 1.82 bits per heavy atom. The normalized spacial score (nSPS) is 14.5. The Labute approximate surface area is 258 Å². The fraction of sp³-hybridized carbons (Fsp3) is 0.312. The summed E-state index contributed by atoms with van der Waals surface area (Å²) in [7, 11) is 0. The van der Waals surface area contributed by atoms with Gasteiger partial charge in [0.2, 0.25) is 5.91 Å². The van der Waals surface area contributed by atoms with Crippen LogP contribution in [-0.4, -0.2) is 51.2 Å². The molecule has 1 aliphatic rings. The van der Waals surface area contributed by atoms with Gasteiger partial charge in [0.25, 0.3) is 0 Å². The lowest BCUT2D eigenvalue weighted by Gasteiger charge is -2.20. The summed E-state index contributed by atoms with van der Waals surface area (Å²) in [5.74, 6) is 0.682. The molecule has 1 N–H and O–H groups in total. The molecule has 1 saturated heterocycles. The third kappa shape index (κ3) is 8.06. The van der Waals surface area contributed by atoms with Gasteiger partial charge in [0.05, 0.1) is 23.8 Å². The molecular formula is C32H33F3N6O2S. The average molecular weight is 623 g/mol. The summed E-state index contributed by atoms with van der Waals surface area (Å²) < 4.78 is 42.6. The summed E-state index contributed by atoms with van der Waals surface area (Å²) >= 11 is 1.48. The first-order chi connectivity index (χ1) is 21.2. The zero-order chi connectivity index (χ0) is 31.1. The maximum atomic E-state index is 12.7. The minimum absolute atomic E-state index is 0.0655. The molecule has 0 bridgehead atoms. The number of aromatic nitrogens is 3. The summed E-state index contributed by atoms with van der Waals surface area (Å²) in [6.45, 7) is 5.39. The van der Waals surface area contributed by atoms with Crippen molar-refractivity contribution in [3.05, 3.63) is 89.7 Å². The number of aliphatic imine (C=N–C) groups is 1. The number of benzene rings is 3. The van der Waals surface area contributed by atoms with Gasteiger partial charge in [0.1, 0.15) is 12.1 Å². The zero-order valence-electron chi connectivity index (χ0n) is 24.5. The molecule has 0 aliphatic carbocycles. The van der Waals surface area contributed by atoms with Crippen LogP contribution in [0.2, 0.25) is 0 Å². The van der Waals surface area contributed by atoms with E-state index in [1.807, 2.05) is 31.2 Å². The molecule has 1 fully saturated rings. The van der Waals surface area contributed by atoms with Crippen LogP contribution in [0.4, 0.5) is 18.9 Å². The van der Waals surface area contributed by atoms with Crippen LogP contribution in [-0.2, 0) is 17.6 Å². The van der Waals surface area contributed by atoms with Crippen molar-refractivity contribution in [3.63, 3.8) is 0 Å². The maximum absolute atomic E-state index is 12.7. The predicted octanol–water partition coefficient (Wildman–Crippen LogP) is 6.71. The van der Waals surface area contributed by atoms with Gasteiger partial charge in [0, 0.05) is 5.56 Å². The molecule has 3 aromatic carbocycles. The van der Waals surface area contributed by atoms with Crippen molar-refractivity contribution in [2.75, 3.05) is 23.9 Å². The van der Waals surface area contributed by atoms with Gasteiger partial charge >= 0.3 is 6.36 Å². The van der Waals surface area contributed by atoms with Gasteiger partial charge < -0.3 is 4.74 Å². The molecule has 8 nitrogen and oxygen atoms in total. The minimum Gasteiger partial charge on any atom is -0.406 e. The third-order valence-electron chi connectivity index (χ3n) is 6.95. The molecule has 0 unspecified atom stereocenters. The third-order valence-corrected chi connectivity index (χ3v) is 7.91. The van der Waals surface area contributed by atoms with E-state index in [4.69, 9.17) is 4.99 Å². The monoisotopic (exact) mass is 622 g/mol. The number of anilines is 1. The lowest BCUT2D eigenvalue weighted by molar-refractivity contribution is -0.274. The Bertz CT molecular complexity index is 1600. The zero-order valence-corrected chi connectivity index (χ0v) is 25.3. The van der Waals surface area contributed by atoms with Crippen molar-refractivity contribution in [3.8, 4) is 22.8 Å². The highest BCUT2D eigenvalue weighted by Crippen LogP contribution is 2.31. The summed E-state index contributed by atoms with van der Waals surface area (Å²) in [6, 6.07) is 19.7. The molecular weight excluding hydrogens is 589 g/mol. The van der Waals surface area contributed by atoms with Gasteiger partial charge in [-0.1, -0.05) is 61.5 Å². The van der Waals surface area contributed by atoms with E-state index in [1.54, 1.807) is 4.90 Å². The van der Waals surface area contributed by atoms with Crippen molar-refractivity contribution in [2.24, 2.45) is 4.99 Å². The number of amides is 1. The first-order valence-corrected chi connectivity index (χ1v) is 15.4. The molecule has 0 radical (unpaired) electrons. The van der Waals surface area contributed by atoms with Crippen LogP contribution in [0.1, 0.15) is 36.5 Å². The van der Waals surface area contributed by atoms with E-state index in [2.05, 4.69) is 45.3 Å². The SMILES string of the molecule is CCCc1ccc(C)cc1N1C(=O)CS/C1=N\CNCCCc1ccc(-c2ncn(-c3ccc(OC(F)(F)F)cc3)n2)cc1. The molecule has 2 heterocycles. The lowest BCUT2D eigenvalue weighted by atomic mass is 10.0. The molecule has 5 rings (SSSR count). The first kappa shape index (κ1) is 31.3. The number of aryl methyl sites for hydroxylation is 3. The van der Waals surface area contributed by atoms with E-state index in [1.165, 1.54) is 52.6 Å². The first-order valence-electron chi connectivity index (χ1n) is 14.4. The highest BCUT2D eigenvalue weighted by atomic mass is 32.2. The quantitative estimate of drug-likeness (QED) is 0.177. The van der Waals surface area contributed by atoms with E-state index in [-0.39, 0.29) is 11.7 Å². The van der Waals surface area contributed by atoms with Gasteiger partial charge in [0.15, 0.2) is 11.0 Å². The number of thioether (sulfide) groups is 1. The number of nitrogens with zero attached hydrogens (tertiary/aromatic N) is 5. The summed E-state index contributed by atoms with van der Waals surface area (Å²) in [4.78, 5) is 23.5. The van der Waals surface area contributed by atoms with Crippen molar-refractivity contribution in [2.45, 2.75) is 45.9 Å². The van der Waals surface area contributed by atoms with Gasteiger partial charge in [-0.2, -0.15) is 0 Å². The van der Waals surface area contributed by atoms with E-state index >= 15 is 0 Å². The molecule has 4 aromatic rings. The second-order valence-corrected chi connectivity index (χ2v) is 11.3. The molecule has 1 amide bonds. The van der Waals surface area contributed by atoms with E-state index in [9.17, 15) is 18.0 Å². The molecule has 0 saturated carbocycles. The van der Waals surface area contributed by atoms with Gasteiger partial charge in [-0.3, -0.25) is 15.0 Å². The second kappa shape index (κ2) is 14.1. The number of halogens is 3. The van der Waals surface area contributed by atoms with Crippen molar-refractivity contribution < 1.29 is 22.7 Å². The molecule has 0 atom stereocenters. The van der Waals surface area contributed by atoms with Crippen LogP contribution in [0.25, 0.3) is 17.1 Å². The Balaban J connectivity index is 1.10. The Morgan fingerprint density at radius 1 is 1.05 bits per heavy atom. The number of amidine groups is 1.